The molecule has 1 saturated heterocycles. The third-order valence-corrected chi connectivity index (χ3v) is 12.7. The van der Waals surface area contributed by atoms with Gasteiger partial charge in [0.05, 0.1) is 29.8 Å². The molecule has 7 atom stereocenters. The molecule has 0 aromatic heterocycles. The predicted molar refractivity (Wildman–Crippen MR) is 240 cm³/mol. The van der Waals surface area contributed by atoms with E-state index in [1.807, 2.05) is 6.07 Å². The van der Waals surface area contributed by atoms with Crippen molar-refractivity contribution in [3.8, 4) is 17.2 Å². The number of ether oxygens (including phenoxy) is 5. The van der Waals surface area contributed by atoms with E-state index in [1.165, 1.54) is 41.3 Å². The number of rotatable bonds is 20. The predicted octanol–water partition coefficient (Wildman–Crippen LogP) is 8.70. The molecule has 2 heterocycles. The Hall–Kier alpha value is -5.88. The Morgan fingerprint density at radius 3 is 2.44 bits per heavy atom. The van der Waals surface area contributed by atoms with E-state index in [4.69, 9.17) is 33.7 Å². The molecule has 0 bridgehead atoms. The van der Waals surface area contributed by atoms with Crippen LogP contribution in [0.1, 0.15) is 88.2 Å². The number of halogens is 1. The lowest BCUT2D eigenvalue weighted by atomic mass is 9.55. The van der Waals surface area contributed by atoms with Crippen LogP contribution in [0.4, 0.5) is 19.7 Å². The summed E-state index contributed by atoms with van der Waals surface area (Å²) in [7, 11) is 0. The maximum Gasteiger partial charge on any atom is 0.416 e. The largest absolute Gasteiger partial charge is 0.459 e. The quantitative estimate of drug-likeness (QED) is 0.0422. The van der Waals surface area contributed by atoms with Crippen molar-refractivity contribution < 1.29 is 57.6 Å². The van der Waals surface area contributed by atoms with E-state index < -0.39 is 52.9 Å². The van der Waals surface area contributed by atoms with Crippen LogP contribution >= 0.6 is 0 Å². The van der Waals surface area contributed by atoms with E-state index in [0.717, 1.165) is 30.4 Å². The van der Waals surface area contributed by atoms with E-state index in [-0.39, 0.29) is 61.8 Å². The average molecular weight is 915 g/mol. The molecule has 17 heteroatoms. The molecule has 1 saturated carbocycles. The highest BCUT2D eigenvalue weighted by Crippen LogP contribution is 2.62. The fourth-order valence-electron chi connectivity index (χ4n) is 9.80. The third-order valence-electron chi connectivity index (χ3n) is 12.7. The number of allylic oxidation sites excluding steroid dienone is 1. The minimum absolute atomic E-state index is 0.00235. The first-order valence-corrected chi connectivity index (χ1v) is 22.9. The lowest BCUT2D eigenvalue weighted by molar-refractivity contribution is -0.384. The summed E-state index contributed by atoms with van der Waals surface area (Å²) in [6.45, 7) is 6.54. The van der Waals surface area contributed by atoms with Crippen LogP contribution in [-0.4, -0.2) is 89.0 Å². The zero-order chi connectivity index (χ0) is 46.6. The molecule has 2 aliphatic heterocycles. The SMILES string of the molecule is C=CCO[C@@]12Oc3ccc(OC(=O)NCC)cc3[C@H]3[C@H](CCCCO)[C@@H](CCCCO)C=C(C(=NOC4CCCCO4)C[C@@H]1N(Cc1ccc(F)cc1)C(=O)Oc1ccc([N+](=O)[O-])cc1)[C@H]32. The van der Waals surface area contributed by atoms with Crippen molar-refractivity contribution >= 4 is 23.6 Å². The molecule has 3 N–H and O–H groups in total. The van der Waals surface area contributed by atoms with Crippen molar-refractivity contribution in [3.63, 3.8) is 0 Å². The number of nitro groups is 1. The Kier molecular flexibility index (Phi) is 16.4. The van der Waals surface area contributed by atoms with Crippen LogP contribution in [0.3, 0.4) is 0 Å². The summed E-state index contributed by atoms with van der Waals surface area (Å²) >= 11 is 0. The van der Waals surface area contributed by atoms with Gasteiger partial charge in [-0.2, -0.15) is 0 Å². The second-order valence-electron chi connectivity index (χ2n) is 17.0. The number of nitrogens with zero attached hydrogens (tertiary/aromatic N) is 3. The van der Waals surface area contributed by atoms with Gasteiger partial charge in [-0.15, -0.1) is 6.58 Å². The maximum absolute atomic E-state index is 15.0. The van der Waals surface area contributed by atoms with Crippen LogP contribution in [0.5, 0.6) is 17.2 Å². The number of hydrogen-bond acceptors (Lipinski definition) is 13. The molecule has 7 rings (SSSR count). The first-order valence-electron chi connectivity index (χ1n) is 22.9. The highest BCUT2D eigenvalue weighted by Gasteiger charge is 2.66. The zero-order valence-corrected chi connectivity index (χ0v) is 37.2. The number of oxime groups is 1. The summed E-state index contributed by atoms with van der Waals surface area (Å²) in [5.41, 5.74) is 2.38. The lowest BCUT2D eigenvalue weighted by Crippen LogP contribution is -2.70. The van der Waals surface area contributed by atoms with Crippen molar-refractivity contribution in [3.05, 3.63) is 118 Å². The number of hydrogen-bond donors (Lipinski definition) is 3. The van der Waals surface area contributed by atoms with Crippen molar-refractivity contribution in [2.45, 2.75) is 102 Å². The number of nitro benzene ring substituents is 1. The number of non-ortho nitro benzene ring substituents is 1. The molecule has 4 aliphatic rings. The number of aliphatic hydroxyl groups is 2. The molecule has 2 amide bonds. The van der Waals surface area contributed by atoms with E-state index >= 15 is 0 Å². The molecule has 354 valence electrons. The number of carbonyl (C=O) groups excluding carboxylic acids is 2. The van der Waals surface area contributed by atoms with E-state index in [1.54, 1.807) is 37.3 Å². The van der Waals surface area contributed by atoms with Gasteiger partial charge in [-0.1, -0.05) is 42.3 Å². The normalized spacial score (nSPS) is 24.7. The van der Waals surface area contributed by atoms with Crippen LogP contribution < -0.4 is 19.5 Å². The van der Waals surface area contributed by atoms with Crippen molar-refractivity contribution in [1.29, 1.82) is 0 Å². The molecule has 2 fully saturated rings. The smallest absolute Gasteiger partial charge is 0.416 e. The lowest BCUT2D eigenvalue weighted by Gasteiger charge is -2.59. The van der Waals surface area contributed by atoms with Gasteiger partial charge in [0.1, 0.15) is 29.1 Å². The summed E-state index contributed by atoms with van der Waals surface area (Å²) < 4.78 is 46.5. The van der Waals surface area contributed by atoms with Gasteiger partial charge in [-0.25, -0.2) is 14.0 Å². The highest BCUT2D eigenvalue weighted by atomic mass is 19.1. The van der Waals surface area contributed by atoms with Gasteiger partial charge in [0.25, 0.3) is 5.69 Å². The van der Waals surface area contributed by atoms with Crippen LogP contribution in [-0.2, 0) is 20.9 Å². The molecule has 1 unspecified atom stereocenters. The number of benzene rings is 3. The summed E-state index contributed by atoms with van der Waals surface area (Å²) in [6, 6.07) is 15.0. The molecular formula is C49H59FN4O12. The summed E-state index contributed by atoms with van der Waals surface area (Å²) in [6.07, 6.45) is 8.06. The number of unbranched alkanes of at least 4 members (excludes halogenated alkanes) is 2. The Bertz CT molecular complexity index is 2220. The van der Waals surface area contributed by atoms with Gasteiger partial charge in [0.2, 0.25) is 12.1 Å². The van der Waals surface area contributed by atoms with Crippen LogP contribution in [0.25, 0.3) is 0 Å². The number of fused-ring (bicyclic) bond motifs is 2. The Balaban J connectivity index is 1.46. The molecule has 3 aromatic rings. The second kappa shape index (κ2) is 22.5. The Labute approximate surface area is 383 Å². The van der Waals surface area contributed by atoms with E-state index in [0.29, 0.717) is 68.7 Å². The number of aliphatic hydroxyl groups excluding tert-OH is 2. The average Bonchev–Trinajstić information content (AvgIpc) is 3.32. The molecule has 0 spiro atoms. The van der Waals surface area contributed by atoms with Gasteiger partial charge < -0.3 is 44.1 Å². The highest BCUT2D eigenvalue weighted by molar-refractivity contribution is 6.03. The van der Waals surface area contributed by atoms with Crippen LogP contribution in [0.2, 0.25) is 0 Å². The molecule has 16 nitrogen and oxygen atoms in total. The van der Waals surface area contributed by atoms with E-state index in [2.05, 4.69) is 18.0 Å². The monoisotopic (exact) mass is 914 g/mol. The minimum Gasteiger partial charge on any atom is -0.459 e. The molecular weight excluding hydrogens is 856 g/mol. The number of nitrogens with one attached hydrogen (secondary N) is 1. The molecule has 2 aliphatic carbocycles. The standard InChI is InChI=1S/C49H59FN4O12/c1-3-26-62-49-43(53(31-32-14-16-34(50)17-15-32)48(58)64-36-20-18-35(19-21-36)54(59)60)30-41(52-66-44-13-7-10-27-61-44)39-28-33(11-5-8-24-55)38(12-6-9-25-56)45(46(39)49)40-29-37(22-23-42(40)65-49)63-47(57)51-4-2/h3,14-23,28-29,33,38,43-46,55-56H,1,4-13,24-27,30-31H2,2H3,(H,51,57)/t33-,38+,43-,44?,45+,46+,49+/m0/s1. The molecule has 66 heavy (non-hydrogen) atoms. The van der Waals surface area contributed by atoms with Crippen LogP contribution in [0, 0.1) is 33.7 Å². The molecule has 3 aromatic carbocycles. The summed E-state index contributed by atoms with van der Waals surface area (Å²) in [5, 5.41) is 39.0. The zero-order valence-electron chi connectivity index (χ0n) is 37.2. The van der Waals surface area contributed by atoms with Crippen LogP contribution in [0.15, 0.2) is 96.2 Å². The van der Waals surface area contributed by atoms with Gasteiger partial charge in [-0.3, -0.25) is 15.0 Å². The second-order valence-corrected chi connectivity index (χ2v) is 17.0. The van der Waals surface area contributed by atoms with E-state index in [9.17, 15) is 34.3 Å². The fraction of sp³-hybridized carbons (Fsp3) is 0.490. The van der Waals surface area contributed by atoms with Gasteiger partial charge in [0, 0.05) is 62.8 Å². The van der Waals surface area contributed by atoms with Crippen molar-refractivity contribution in [2.75, 3.05) is 33.0 Å². The number of amides is 2. The van der Waals surface area contributed by atoms with Gasteiger partial charge >= 0.3 is 12.2 Å². The van der Waals surface area contributed by atoms with Crippen molar-refractivity contribution in [2.24, 2.45) is 22.9 Å². The minimum atomic E-state index is -1.69. The Morgan fingerprint density at radius 1 is 1.02 bits per heavy atom. The number of carbonyl (C=O) groups is 2. The summed E-state index contributed by atoms with van der Waals surface area (Å²) in [5.74, 6) is -2.76. The third kappa shape index (κ3) is 11.0. The molecule has 0 radical (unpaired) electrons. The van der Waals surface area contributed by atoms with Gasteiger partial charge in [-0.05, 0) is 111 Å². The summed E-state index contributed by atoms with van der Waals surface area (Å²) in [4.78, 5) is 46.5. The first kappa shape index (κ1) is 48.1. The van der Waals surface area contributed by atoms with Gasteiger partial charge in [0.15, 0.2) is 0 Å². The fourth-order valence-corrected chi connectivity index (χ4v) is 9.80. The maximum atomic E-state index is 15.0. The Morgan fingerprint density at radius 2 is 1.76 bits per heavy atom. The van der Waals surface area contributed by atoms with Crippen molar-refractivity contribution in [1.82, 2.24) is 10.2 Å². The topological polar surface area (TPSA) is 201 Å². The first-order chi connectivity index (χ1) is 32.1.